The molecule has 0 bridgehead atoms. The Balaban J connectivity index is 1.96. The van der Waals surface area contributed by atoms with Crippen molar-refractivity contribution in [2.45, 2.75) is 47.6 Å². The first-order valence-electron chi connectivity index (χ1n) is 12.1. The minimum Gasteiger partial charge on any atom is -0.493 e. The van der Waals surface area contributed by atoms with Crippen LogP contribution in [-0.4, -0.2) is 45.2 Å². The van der Waals surface area contributed by atoms with Gasteiger partial charge in [-0.3, -0.25) is 4.79 Å². The monoisotopic (exact) mass is 516 g/mol. The van der Waals surface area contributed by atoms with Crippen LogP contribution < -0.4 is 20.1 Å². The predicted molar refractivity (Wildman–Crippen MR) is 146 cm³/mol. The standard InChI is InChI=1S/C28H40N2O5S/c1-19-8-9-21(12-20(19)2)13-23(17-34-26(31)28(3,4)5)16-30-27(36)29-15-22-10-11-24(35-18-32-6)25(14-22)33-7/h8-12,14,23H,13,15-18H2,1-7H3,(H2,29,30,36). The van der Waals surface area contributed by atoms with Gasteiger partial charge in [0.25, 0.3) is 0 Å². The molecule has 0 saturated heterocycles. The zero-order chi connectivity index (χ0) is 26.7. The molecule has 36 heavy (non-hydrogen) atoms. The molecule has 198 valence electrons. The molecular formula is C28H40N2O5S. The molecule has 1 atom stereocenters. The fourth-order valence-electron chi connectivity index (χ4n) is 3.41. The molecule has 0 aromatic heterocycles. The first kappa shape index (κ1) is 29.4. The highest BCUT2D eigenvalue weighted by Gasteiger charge is 2.24. The van der Waals surface area contributed by atoms with E-state index in [1.807, 2.05) is 39.0 Å². The Morgan fingerprint density at radius 1 is 0.972 bits per heavy atom. The Bertz CT molecular complexity index is 1020. The van der Waals surface area contributed by atoms with E-state index >= 15 is 0 Å². The normalized spacial score (nSPS) is 12.0. The van der Waals surface area contributed by atoms with E-state index in [1.165, 1.54) is 16.7 Å². The summed E-state index contributed by atoms with van der Waals surface area (Å²) in [5, 5.41) is 7.04. The van der Waals surface area contributed by atoms with Crippen molar-refractivity contribution in [1.29, 1.82) is 0 Å². The van der Waals surface area contributed by atoms with Gasteiger partial charge in [-0.25, -0.2) is 0 Å². The molecule has 0 saturated carbocycles. The summed E-state index contributed by atoms with van der Waals surface area (Å²) >= 11 is 5.51. The number of ether oxygens (including phenoxy) is 4. The summed E-state index contributed by atoms with van der Waals surface area (Å²) < 4.78 is 21.5. The van der Waals surface area contributed by atoms with Crippen molar-refractivity contribution in [3.63, 3.8) is 0 Å². The number of methoxy groups -OCH3 is 2. The molecule has 2 aromatic rings. The van der Waals surface area contributed by atoms with Gasteiger partial charge in [0.05, 0.1) is 19.1 Å². The van der Waals surface area contributed by atoms with Crippen LogP contribution in [0.5, 0.6) is 11.5 Å². The molecule has 1 unspecified atom stereocenters. The molecule has 0 aliphatic rings. The molecule has 0 spiro atoms. The fraction of sp³-hybridized carbons (Fsp3) is 0.500. The van der Waals surface area contributed by atoms with E-state index in [0.717, 1.165) is 12.0 Å². The Hall–Kier alpha value is -2.84. The minimum atomic E-state index is -0.541. The zero-order valence-corrected chi connectivity index (χ0v) is 23.3. The van der Waals surface area contributed by atoms with Crippen LogP contribution in [0.25, 0.3) is 0 Å². The summed E-state index contributed by atoms with van der Waals surface area (Å²) in [7, 11) is 3.17. The number of aryl methyl sites for hydroxylation is 2. The number of carbonyl (C=O) groups excluding carboxylic acids is 1. The van der Waals surface area contributed by atoms with Crippen LogP contribution in [-0.2, 0) is 27.2 Å². The first-order valence-corrected chi connectivity index (χ1v) is 12.5. The molecule has 8 heteroatoms. The van der Waals surface area contributed by atoms with E-state index in [1.54, 1.807) is 14.2 Å². The molecule has 2 rings (SSSR count). The van der Waals surface area contributed by atoms with Gasteiger partial charge < -0.3 is 29.6 Å². The number of benzene rings is 2. The number of hydrogen-bond donors (Lipinski definition) is 2. The van der Waals surface area contributed by atoms with Crippen LogP contribution in [0, 0.1) is 25.2 Å². The van der Waals surface area contributed by atoms with Crippen molar-refractivity contribution in [3.8, 4) is 11.5 Å². The van der Waals surface area contributed by atoms with Crippen LogP contribution in [0.4, 0.5) is 0 Å². The van der Waals surface area contributed by atoms with Crippen molar-refractivity contribution in [2.75, 3.05) is 34.2 Å². The molecule has 0 fully saturated rings. The maximum Gasteiger partial charge on any atom is 0.311 e. The Morgan fingerprint density at radius 3 is 2.33 bits per heavy atom. The van der Waals surface area contributed by atoms with Crippen LogP contribution in [0.1, 0.15) is 43.0 Å². The van der Waals surface area contributed by atoms with Gasteiger partial charge in [0.1, 0.15) is 0 Å². The number of esters is 1. The molecule has 2 aromatic carbocycles. The van der Waals surface area contributed by atoms with Crippen LogP contribution in [0.3, 0.4) is 0 Å². The third kappa shape index (κ3) is 9.66. The number of nitrogens with one attached hydrogen (secondary N) is 2. The van der Waals surface area contributed by atoms with Crippen LogP contribution >= 0.6 is 12.2 Å². The van der Waals surface area contributed by atoms with E-state index in [0.29, 0.717) is 36.3 Å². The summed E-state index contributed by atoms with van der Waals surface area (Å²) in [6, 6.07) is 12.1. The van der Waals surface area contributed by atoms with Gasteiger partial charge in [0, 0.05) is 26.1 Å². The van der Waals surface area contributed by atoms with E-state index in [9.17, 15) is 4.79 Å². The summed E-state index contributed by atoms with van der Waals surface area (Å²) in [4.78, 5) is 12.3. The lowest BCUT2D eigenvalue weighted by Crippen LogP contribution is -2.39. The second-order valence-corrected chi connectivity index (χ2v) is 10.3. The lowest BCUT2D eigenvalue weighted by atomic mass is 9.96. The maximum atomic E-state index is 12.3. The van der Waals surface area contributed by atoms with E-state index in [-0.39, 0.29) is 18.7 Å². The highest BCUT2D eigenvalue weighted by atomic mass is 32.1. The molecule has 0 aliphatic carbocycles. The highest BCUT2D eigenvalue weighted by molar-refractivity contribution is 7.80. The van der Waals surface area contributed by atoms with Crippen molar-refractivity contribution >= 4 is 23.3 Å². The topological polar surface area (TPSA) is 78.0 Å². The smallest absolute Gasteiger partial charge is 0.311 e. The van der Waals surface area contributed by atoms with Gasteiger partial charge in [-0.05, 0) is 87.6 Å². The Morgan fingerprint density at radius 2 is 1.69 bits per heavy atom. The van der Waals surface area contributed by atoms with Gasteiger partial charge in [0.2, 0.25) is 0 Å². The second-order valence-electron chi connectivity index (χ2n) is 9.94. The lowest BCUT2D eigenvalue weighted by molar-refractivity contribution is -0.154. The summed E-state index contributed by atoms with van der Waals surface area (Å²) in [6.45, 7) is 11.3. The highest BCUT2D eigenvalue weighted by Crippen LogP contribution is 2.28. The molecule has 7 nitrogen and oxygen atoms in total. The summed E-state index contributed by atoms with van der Waals surface area (Å²) in [6.07, 6.45) is 0.772. The van der Waals surface area contributed by atoms with Gasteiger partial charge in [-0.15, -0.1) is 0 Å². The first-order chi connectivity index (χ1) is 17.0. The molecule has 0 amide bonds. The third-order valence-electron chi connectivity index (χ3n) is 5.72. The van der Waals surface area contributed by atoms with Crippen LogP contribution in [0.15, 0.2) is 36.4 Å². The summed E-state index contributed by atoms with van der Waals surface area (Å²) in [5.74, 6) is 1.10. The van der Waals surface area contributed by atoms with Gasteiger partial charge in [-0.2, -0.15) is 0 Å². The van der Waals surface area contributed by atoms with Crippen molar-refractivity contribution in [2.24, 2.45) is 11.3 Å². The second kappa shape index (κ2) is 14.0. The number of rotatable bonds is 12. The minimum absolute atomic E-state index is 0.0652. The lowest BCUT2D eigenvalue weighted by Gasteiger charge is -2.22. The molecular weight excluding hydrogens is 476 g/mol. The fourth-order valence-corrected chi connectivity index (χ4v) is 3.56. The Kier molecular flexibility index (Phi) is 11.5. The Labute approximate surface area is 220 Å². The predicted octanol–water partition coefficient (Wildman–Crippen LogP) is 4.71. The zero-order valence-electron chi connectivity index (χ0n) is 22.5. The van der Waals surface area contributed by atoms with E-state index < -0.39 is 5.41 Å². The number of thiocarbonyl (C=S) groups is 1. The largest absolute Gasteiger partial charge is 0.493 e. The SMILES string of the molecule is COCOc1ccc(CNC(=S)NCC(COC(=O)C(C)(C)C)Cc2ccc(C)c(C)c2)cc1OC. The third-order valence-corrected chi connectivity index (χ3v) is 6.01. The maximum absolute atomic E-state index is 12.3. The quantitative estimate of drug-likeness (QED) is 0.239. The number of carbonyl (C=O) groups is 1. The average molecular weight is 517 g/mol. The molecule has 2 N–H and O–H groups in total. The van der Waals surface area contributed by atoms with Crippen molar-refractivity contribution < 1.29 is 23.7 Å². The average Bonchev–Trinajstić information content (AvgIpc) is 2.84. The van der Waals surface area contributed by atoms with Crippen LogP contribution in [0.2, 0.25) is 0 Å². The molecule has 0 heterocycles. The molecule has 0 radical (unpaired) electrons. The van der Waals surface area contributed by atoms with Crippen molar-refractivity contribution in [1.82, 2.24) is 10.6 Å². The summed E-state index contributed by atoms with van der Waals surface area (Å²) in [5.41, 5.74) is 4.16. The van der Waals surface area contributed by atoms with Gasteiger partial charge >= 0.3 is 5.97 Å². The van der Waals surface area contributed by atoms with Crippen molar-refractivity contribution in [3.05, 3.63) is 58.7 Å². The van der Waals surface area contributed by atoms with Gasteiger partial charge in [0.15, 0.2) is 23.4 Å². The molecule has 0 aliphatic heterocycles. The number of hydrogen-bond acceptors (Lipinski definition) is 6. The van der Waals surface area contributed by atoms with E-state index in [4.69, 9.17) is 31.2 Å². The van der Waals surface area contributed by atoms with Gasteiger partial charge in [-0.1, -0.05) is 24.3 Å². The van der Waals surface area contributed by atoms with E-state index in [2.05, 4.69) is 42.7 Å².